The van der Waals surface area contributed by atoms with Crippen LogP contribution in [0.2, 0.25) is 0 Å². The summed E-state index contributed by atoms with van der Waals surface area (Å²) in [4.78, 5) is 20.1. The van der Waals surface area contributed by atoms with Crippen LogP contribution in [0.15, 0.2) is 48.5 Å². The fraction of sp³-hybridized carbons (Fsp3) is 0.222. The molecule has 5 nitrogen and oxygen atoms in total. The van der Waals surface area contributed by atoms with Gasteiger partial charge in [-0.25, -0.2) is 4.98 Å². The number of carbonyl (C=O) groups excluding carboxylic acids is 1. The molecule has 0 saturated heterocycles. The maximum absolute atomic E-state index is 12.3. The number of nitrogens with one attached hydrogen (secondary N) is 2. The zero-order valence-corrected chi connectivity index (χ0v) is 12.6. The van der Waals surface area contributed by atoms with Gasteiger partial charge in [-0.15, -0.1) is 0 Å². The first-order valence-electron chi connectivity index (χ1n) is 7.74. The van der Waals surface area contributed by atoms with Crippen molar-refractivity contribution in [3.8, 4) is 5.75 Å². The Hall–Kier alpha value is -2.82. The standard InChI is InChI=1S/C18H17N3O2/c22-18(13-11-23-16-8-4-1-5-12(13)16)19-10-9-17-20-14-6-2-3-7-15(14)21-17/h1-8,13H,9-11H2,(H,19,22)(H,20,21). The van der Waals surface area contributed by atoms with E-state index in [1.165, 1.54) is 0 Å². The van der Waals surface area contributed by atoms with Crippen molar-refractivity contribution in [2.24, 2.45) is 0 Å². The molecule has 1 aromatic heterocycles. The lowest BCUT2D eigenvalue weighted by Gasteiger charge is -2.09. The predicted molar refractivity (Wildman–Crippen MR) is 87.5 cm³/mol. The van der Waals surface area contributed by atoms with Gasteiger partial charge in [0.1, 0.15) is 24.1 Å². The Morgan fingerprint density at radius 3 is 2.96 bits per heavy atom. The molecule has 0 aliphatic carbocycles. The Kier molecular flexibility index (Phi) is 3.46. The number of hydrogen-bond donors (Lipinski definition) is 2. The Morgan fingerprint density at radius 2 is 2.04 bits per heavy atom. The second-order valence-corrected chi connectivity index (χ2v) is 5.64. The number of benzene rings is 2. The van der Waals surface area contributed by atoms with Crippen molar-refractivity contribution < 1.29 is 9.53 Å². The van der Waals surface area contributed by atoms with Gasteiger partial charge in [0.15, 0.2) is 0 Å². The van der Waals surface area contributed by atoms with E-state index in [0.717, 1.165) is 28.2 Å². The van der Waals surface area contributed by atoms with Crippen LogP contribution in [0.5, 0.6) is 5.75 Å². The van der Waals surface area contributed by atoms with Gasteiger partial charge in [0.05, 0.1) is 11.0 Å². The SMILES string of the molecule is O=C(NCCc1nc2ccccc2[nH]1)C1COc2ccccc21. The van der Waals surface area contributed by atoms with E-state index in [1.54, 1.807) is 0 Å². The summed E-state index contributed by atoms with van der Waals surface area (Å²) in [5.41, 5.74) is 2.94. The molecule has 1 atom stereocenters. The minimum Gasteiger partial charge on any atom is -0.492 e. The average Bonchev–Trinajstić information content (AvgIpc) is 3.18. The molecule has 2 N–H and O–H groups in total. The van der Waals surface area contributed by atoms with E-state index in [4.69, 9.17) is 4.74 Å². The molecule has 0 radical (unpaired) electrons. The number of aromatic amines is 1. The van der Waals surface area contributed by atoms with Crippen molar-refractivity contribution in [3.63, 3.8) is 0 Å². The summed E-state index contributed by atoms with van der Waals surface area (Å²) in [6, 6.07) is 15.6. The molecule has 0 fully saturated rings. The van der Waals surface area contributed by atoms with Crippen LogP contribution >= 0.6 is 0 Å². The zero-order valence-electron chi connectivity index (χ0n) is 12.6. The van der Waals surface area contributed by atoms with E-state index in [0.29, 0.717) is 19.6 Å². The highest BCUT2D eigenvalue weighted by molar-refractivity contribution is 5.85. The summed E-state index contributed by atoms with van der Waals surface area (Å²) in [6.45, 7) is 0.965. The first kappa shape index (κ1) is 13.8. The van der Waals surface area contributed by atoms with Crippen molar-refractivity contribution in [2.45, 2.75) is 12.3 Å². The van der Waals surface area contributed by atoms with Crippen LogP contribution < -0.4 is 10.1 Å². The lowest BCUT2D eigenvalue weighted by Crippen LogP contribution is -2.31. The largest absolute Gasteiger partial charge is 0.492 e. The minimum absolute atomic E-state index is 0.00561. The van der Waals surface area contributed by atoms with Crippen LogP contribution in [0, 0.1) is 0 Å². The topological polar surface area (TPSA) is 67.0 Å². The van der Waals surface area contributed by atoms with Crippen LogP contribution in [0.25, 0.3) is 11.0 Å². The fourth-order valence-corrected chi connectivity index (χ4v) is 2.93. The summed E-state index contributed by atoms with van der Waals surface area (Å²) in [5.74, 6) is 1.48. The van der Waals surface area contributed by atoms with Gasteiger partial charge in [-0.05, 0) is 18.2 Å². The smallest absolute Gasteiger partial charge is 0.231 e. The fourth-order valence-electron chi connectivity index (χ4n) is 2.93. The second-order valence-electron chi connectivity index (χ2n) is 5.64. The van der Waals surface area contributed by atoms with Gasteiger partial charge in [0, 0.05) is 18.5 Å². The number of amides is 1. The van der Waals surface area contributed by atoms with Crippen molar-refractivity contribution in [3.05, 3.63) is 59.9 Å². The number of hydrogen-bond acceptors (Lipinski definition) is 3. The third kappa shape index (κ3) is 2.65. The summed E-state index contributed by atoms with van der Waals surface area (Å²) in [7, 11) is 0. The summed E-state index contributed by atoms with van der Waals surface area (Å²) in [5, 5.41) is 2.98. The van der Waals surface area contributed by atoms with Crippen LogP contribution in [0.1, 0.15) is 17.3 Å². The van der Waals surface area contributed by atoms with Crippen molar-refractivity contribution in [1.82, 2.24) is 15.3 Å². The maximum Gasteiger partial charge on any atom is 0.231 e. The van der Waals surface area contributed by atoms with E-state index in [1.807, 2.05) is 48.5 Å². The molecule has 0 spiro atoms. The van der Waals surface area contributed by atoms with Gasteiger partial charge in [-0.1, -0.05) is 30.3 Å². The molecule has 5 heteroatoms. The lowest BCUT2D eigenvalue weighted by molar-refractivity contribution is -0.122. The van der Waals surface area contributed by atoms with Crippen LogP contribution in [0.3, 0.4) is 0 Å². The number of fused-ring (bicyclic) bond motifs is 2. The van der Waals surface area contributed by atoms with Gasteiger partial charge >= 0.3 is 0 Å². The molecule has 0 saturated carbocycles. The minimum atomic E-state index is -0.220. The van der Waals surface area contributed by atoms with Crippen LogP contribution in [0.4, 0.5) is 0 Å². The van der Waals surface area contributed by atoms with Crippen molar-refractivity contribution in [1.29, 1.82) is 0 Å². The van der Waals surface area contributed by atoms with Gasteiger partial charge in [0.25, 0.3) is 0 Å². The van der Waals surface area contributed by atoms with Gasteiger partial charge in [-0.2, -0.15) is 0 Å². The Morgan fingerprint density at radius 1 is 1.22 bits per heavy atom. The molecule has 1 amide bonds. The first-order valence-corrected chi connectivity index (χ1v) is 7.74. The molecule has 3 aromatic rings. The van der Waals surface area contributed by atoms with Crippen LogP contribution in [-0.4, -0.2) is 29.0 Å². The Bertz CT molecular complexity index is 823. The molecular formula is C18H17N3O2. The molecule has 2 aromatic carbocycles. The molecule has 1 unspecified atom stereocenters. The third-order valence-electron chi connectivity index (χ3n) is 4.12. The number of imidazole rings is 1. The van der Waals surface area contributed by atoms with E-state index >= 15 is 0 Å². The summed E-state index contributed by atoms with van der Waals surface area (Å²) >= 11 is 0. The summed E-state index contributed by atoms with van der Waals surface area (Å²) in [6.07, 6.45) is 0.676. The van der Waals surface area contributed by atoms with Gasteiger partial charge in [-0.3, -0.25) is 4.79 Å². The summed E-state index contributed by atoms with van der Waals surface area (Å²) < 4.78 is 5.56. The molecule has 2 heterocycles. The zero-order chi connectivity index (χ0) is 15.6. The molecule has 0 bridgehead atoms. The molecule has 1 aliphatic rings. The number of nitrogens with zero attached hydrogens (tertiary/aromatic N) is 1. The van der Waals surface area contributed by atoms with Gasteiger partial charge in [0.2, 0.25) is 5.91 Å². The Balaban J connectivity index is 1.37. The predicted octanol–water partition coefficient (Wildman–Crippen LogP) is 2.40. The molecule has 1 aliphatic heterocycles. The maximum atomic E-state index is 12.3. The monoisotopic (exact) mass is 307 g/mol. The second kappa shape index (κ2) is 5.76. The van der Waals surface area contributed by atoms with Gasteiger partial charge < -0.3 is 15.0 Å². The average molecular weight is 307 g/mol. The number of para-hydroxylation sites is 3. The highest BCUT2D eigenvalue weighted by atomic mass is 16.5. The number of rotatable bonds is 4. The van der Waals surface area contributed by atoms with E-state index in [-0.39, 0.29) is 11.8 Å². The first-order chi connectivity index (χ1) is 11.3. The lowest BCUT2D eigenvalue weighted by atomic mass is 10.0. The van der Waals surface area contributed by atoms with Crippen molar-refractivity contribution in [2.75, 3.05) is 13.2 Å². The number of aromatic nitrogens is 2. The quantitative estimate of drug-likeness (QED) is 0.778. The number of ether oxygens (including phenoxy) is 1. The highest BCUT2D eigenvalue weighted by Crippen LogP contribution is 2.33. The Labute approximate surface area is 133 Å². The molecule has 116 valence electrons. The van der Waals surface area contributed by atoms with E-state index < -0.39 is 0 Å². The van der Waals surface area contributed by atoms with E-state index in [2.05, 4.69) is 15.3 Å². The molecular weight excluding hydrogens is 290 g/mol. The molecule has 23 heavy (non-hydrogen) atoms. The highest BCUT2D eigenvalue weighted by Gasteiger charge is 2.29. The number of carbonyl (C=O) groups is 1. The van der Waals surface area contributed by atoms with Crippen molar-refractivity contribution >= 4 is 16.9 Å². The van der Waals surface area contributed by atoms with Crippen LogP contribution in [-0.2, 0) is 11.2 Å². The molecule has 4 rings (SSSR count). The normalized spacial score (nSPS) is 16.1. The van der Waals surface area contributed by atoms with E-state index in [9.17, 15) is 4.79 Å². The number of H-pyrrole nitrogens is 1. The third-order valence-corrected chi connectivity index (χ3v) is 4.12.